The molecule has 5 nitrogen and oxygen atoms in total. The third-order valence-electron chi connectivity index (χ3n) is 1.89. The van der Waals surface area contributed by atoms with Gasteiger partial charge in [0.1, 0.15) is 4.90 Å². The van der Waals surface area contributed by atoms with Crippen LogP contribution in [0.3, 0.4) is 0 Å². The summed E-state index contributed by atoms with van der Waals surface area (Å²) >= 11 is 0. The van der Waals surface area contributed by atoms with Gasteiger partial charge in [-0.25, -0.2) is 8.42 Å². The lowest BCUT2D eigenvalue weighted by molar-refractivity contribution is 0.589. The standard InChI is InChI=1S/C8H13N3O2S/c1-4-14(12,13)7-5-9-11-10-8(7)6(2)3/h5-6H,4H2,1-3H3. The van der Waals surface area contributed by atoms with E-state index in [9.17, 15) is 8.42 Å². The first-order valence-electron chi connectivity index (χ1n) is 4.40. The van der Waals surface area contributed by atoms with E-state index in [1.807, 2.05) is 13.8 Å². The molecule has 0 atom stereocenters. The maximum absolute atomic E-state index is 11.6. The van der Waals surface area contributed by atoms with Crippen molar-refractivity contribution in [3.8, 4) is 0 Å². The molecule has 0 saturated heterocycles. The Morgan fingerprint density at radius 3 is 2.57 bits per heavy atom. The van der Waals surface area contributed by atoms with Crippen LogP contribution < -0.4 is 0 Å². The largest absolute Gasteiger partial charge is 0.224 e. The molecule has 0 aliphatic heterocycles. The van der Waals surface area contributed by atoms with Crippen LogP contribution in [0.15, 0.2) is 11.1 Å². The van der Waals surface area contributed by atoms with E-state index in [0.717, 1.165) is 0 Å². The van der Waals surface area contributed by atoms with E-state index in [4.69, 9.17) is 0 Å². The second kappa shape index (κ2) is 4.00. The van der Waals surface area contributed by atoms with Crippen molar-refractivity contribution in [1.29, 1.82) is 0 Å². The molecule has 0 amide bonds. The van der Waals surface area contributed by atoms with E-state index < -0.39 is 9.84 Å². The number of hydrogen-bond donors (Lipinski definition) is 0. The minimum atomic E-state index is -3.24. The lowest BCUT2D eigenvalue weighted by atomic mass is 10.1. The highest BCUT2D eigenvalue weighted by atomic mass is 32.2. The topological polar surface area (TPSA) is 72.8 Å². The summed E-state index contributed by atoms with van der Waals surface area (Å²) in [5.41, 5.74) is 0.488. The Hall–Kier alpha value is -1.04. The van der Waals surface area contributed by atoms with E-state index >= 15 is 0 Å². The second-order valence-corrected chi connectivity index (χ2v) is 5.49. The highest BCUT2D eigenvalue weighted by molar-refractivity contribution is 7.91. The SMILES string of the molecule is CCS(=O)(=O)c1cnnnc1C(C)C. The molecule has 1 heterocycles. The van der Waals surface area contributed by atoms with E-state index in [2.05, 4.69) is 15.4 Å². The molecule has 1 rings (SSSR count). The van der Waals surface area contributed by atoms with Crippen molar-refractivity contribution in [3.05, 3.63) is 11.9 Å². The van der Waals surface area contributed by atoms with Crippen molar-refractivity contribution < 1.29 is 8.42 Å². The molecule has 0 aromatic carbocycles. The van der Waals surface area contributed by atoms with Gasteiger partial charge in [0.2, 0.25) is 0 Å². The fraction of sp³-hybridized carbons (Fsp3) is 0.625. The van der Waals surface area contributed by atoms with Gasteiger partial charge in [-0.2, -0.15) is 0 Å². The Kier molecular flexibility index (Phi) is 3.15. The van der Waals surface area contributed by atoms with Crippen molar-refractivity contribution in [2.24, 2.45) is 0 Å². The highest BCUT2D eigenvalue weighted by Crippen LogP contribution is 2.20. The molecule has 0 bridgehead atoms. The second-order valence-electron chi connectivity index (χ2n) is 3.24. The fourth-order valence-electron chi connectivity index (χ4n) is 1.06. The molecule has 14 heavy (non-hydrogen) atoms. The van der Waals surface area contributed by atoms with Gasteiger partial charge >= 0.3 is 0 Å². The number of nitrogens with zero attached hydrogens (tertiary/aromatic N) is 3. The third-order valence-corrected chi connectivity index (χ3v) is 3.64. The van der Waals surface area contributed by atoms with Crippen LogP contribution in [0.5, 0.6) is 0 Å². The first kappa shape index (κ1) is 11.0. The van der Waals surface area contributed by atoms with Gasteiger partial charge in [-0.15, -0.1) is 10.2 Å². The Morgan fingerprint density at radius 2 is 2.07 bits per heavy atom. The van der Waals surface area contributed by atoms with Crippen LogP contribution in [-0.4, -0.2) is 29.6 Å². The molecule has 0 fully saturated rings. The highest BCUT2D eigenvalue weighted by Gasteiger charge is 2.20. The van der Waals surface area contributed by atoms with Gasteiger partial charge in [0, 0.05) is 0 Å². The summed E-state index contributed by atoms with van der Waals surface area (Å²) in [5, 5.41) is 10.7. The van der Waals surface area contributed by atoms with Crippen molar-refractivity contribution in [2.45, 2.75) is 31.6 Å². The summed E-state index contributed by atoms with van der Waals surface area (Å²) in [6, 6.07) is 0. The van der Waals surface area contributed by atoms with E-state index in [1.54, 1.807) is 6.92 Å². The van der Waals surface area contributed by atoms with Crippen LogP contribution >= 0.6 is 0 Å². The van der Waals surface area contributed by atoms with E-state index in [1.165, 1.54) is 6.20 Å². The summed E-state index contributed by atoms with van der Waals surface area (Å²) in [7, 11) is -3.24. The molecular formula is C8H13N3O2S. The van der Waals surface area contributed by atoms with Gasteiger partial charge in [0.05, 0.1) is 17.6 Å². The summed E-state index contributed by atoms with van der Waals surface area (Å²) in [6.45, 7) is 5.34. The van der Waals surface area contributed by atoms with Gasteiger partial charge in [0.25, 0.3) is 0 Å². The zero-order valence-corrected chi connectivity index (χ0v) is 9.24. The molecule has 0 unspecified atom stereocenters. The van der Waals surface area contributed by atoms with Gasteiger partial charge in [-0.3, -0.25) is 0 Å². The monoisotopic (exact) mass is 215 g/mol. The Morgan fingerprint density at radius 1 is 1.43 bits per heavy atom. The molecule has 0 N–H and O–H groups in total. The minimum Gasteiger partial charge on any atom is -0.224 e. The van der Waals surface area contributed by atoms with Crippen LogP contribution in [0.4, 0.5) is 0 Å². The maximum atomic E-state index is 11.6. The number of sulfone groups is 1. The predicted octanol–water partition coefficient (Wildman–Crippen LogP) is 0.789. The van der Waals surface area contributed by atoms with Gasteiger partial charge in [-0.1, -0.05) is 20.8 Å². The predicted molar refractivity (Wildman–Crippen MR) is 51.6 cm³/mol. The molecule has 78 valence electrons. The maximum Gasteiger partial charge on any atom is 0.181 e. The van der Waals surface area contributed by atoms with Crippen LogP contribution in [-0.2, 0) is 9.84 Å². The van der Waals surface area contributed by atoms with Gasteiger partial charge in [0.15, 0.2) is 9.84 Å². The summed E-state index contributed by atoms with van der Waals surface area (Å²) in [4.78, 5) is 0.199. The lowest BCUT2D eigenvalue weighted by Gasteiger charge is -2.08. The Labute approximate surface area is 83.5 Å². The molecule has 1 aromatic heterocycles. The zero-order chi connectivity index (χ0) is 10.8. The average molecular weight is 215 g/mol. The van der Waals surface area contributed by atoms with Crippen LogP contribution in [0.1, 0.15) is 32.4 Å². The first-order valence-corrected chi connectivity index (χ1v) is 6.05. The Balaban J connectivity index is 3.35. The van der Waals surface area contributed by atoms with Crippen molar-refractivity contribution in [3.63, 3.8) is 0 Å². The fourth-order valence-corrected chi connectivity index (χ4v) is 2.18. The van der Waals surface area contributed by atoms with Crippen molar-refractivity contribution >= 4 is 9.84 Å². The quantitative estimate of drug-likeness (QED) is 0.745. The molecule has 6 heteroatoms. The molecule has 0 radical (unpaired) electrons. The first-order chi connectivity index (χ1) is 6.49. The number of hydrogen-bond acceptors (Lipinski definition) is 5. The van der Waals surface area contributed by atoms with Crippen LogP contribution in [0.2, 0.25) is 0 Å². The normalized spacial score (nSPS) is 12.0. The Bertz CT molecular complexity index is 414. The smallest absolute Gasteiger partial charge is 0.181 e. The number of aromatic nitrogens is 3. The summed E-state index contributed by atoms with van der Waals surface area (Å²) < 4.78 is 23.2. The molecular weight excluding hydrogens is 202 g/mol. The molecule has 0 aliphatic carbocycles. The lowest BCUT2D eigenvalue weighted by Crippen LogP contribution is -2.11. The average Bonchev–Trinajstić information content (AvgIpc) is 2.18. The minimum absolute atomic E-state index is 0.0295. The van der Waals surface area contributed by atoms with E-state index in [0.29, 0.717) is 5.69 Å². The molecule has 0 aliphatic rings. The summed E-state index contributed by atoms with van der Waals surface area (Å²) in [6.07, 6.45) is 1.27. The van der Waals surface area contributed by atoms with E-state index in [-0.39, 0.29) is 16.6 Å². The van der Waals surface area contributed by atoms with Crippen LogP contribution in [0.25, 0.3) is 0 Å². The van der Waals surface area contributed by atoms with Gasteiger partial charge in [-0.05, 0) is 11.1 Å². The van der Waals surface area contributed by atoms with Crippen LogP contribution in [0, 0.1) is 0 Å². The zero-order valence-electron chi connectivity index (χ0n) is 8.43. The van der Waals surface area contributed by atoms with Gasteiger partial charge < -0.3 is 0 Å². The third kappa shape index (κ3) is 2.06. The van der Waals surface area contributed by atoms with Crippen molar-refractivity contribution in [1.82, 2.24) is 15.4 Å². The molecule has 1 aromatic rings. The number of rotatable bonds is 3. The molecule has 0 spiro atoms. The summed E-state index contributed by atoms with van der Waals surface area (Å²) in [5.74, 6) is 0.0851. The van der Waals surface area contributed by atoms with Crippen molar-refractivity contribution in [2.75, 3.05) is 5.75 Å². The molecule has 0 saturated carbocycles.